The fraction of sp³-hybridized carbons (Fsp3) is 0.333. The number of nitrogens with zero attached hydrogens (tertiary/aromatic N) is 1. The van der Waals surface area contributed by atoms with Crippen LogP contribution in [0.4, 0.5) is 4.79 Å². The maximum atomic E-state index is 12.6. The highest BCUT2D eigenvalue weighted by atomic mass is 16.2. The molecule has 0 unspecified atom stereocenters. The van der Waals surface area contributed by atoms with Crippen LogP contribution >= 0.6 is 0 Å². The molecular weight excluding hydrogens is 340 g/mol. The highest BCUT2D eigenvalue weighted by Gasteiger charge is 2.23. The smallest absolute Gasteiger partial charge is 0.312 e. The van der Waals surface area contributed by atoms with E-state index in [0.717, 1.165) is 18.7 Å². The summed E-state index contributed by atoms with van der Waals surface area (Å²) < 4.78 is 0. The zero-order valence-electron chi connectivity index (χ0n) is 15.4. The maximum absolute atomic E-state index is 12.6. The monoisotopic (exact) mass is 366 g/mol. The lowest BCUT2D eigenvalue weighted by molar-refractivity contribution is 0.0938. The van der Waals surface area contributed by atoms with Crippen molar-refractivity contribution in [3.8, 4) is 0 Å². The van der Waals surface area contributed by atoms with Gasteiger partial charge in [0.1, 0.15) is 0 Å². The molecule has 0 aromatic heterocycles. The number of carbonyl (C=O) groups excluding carboxylic acids is 2. The van der Waals surface area contributed by atoms with Crippen molar-refractivity contribution in [2.75, 3.05) is 19.6 Å². The van der Waals surface area contributed by atoms with Gasteiger partial charge in [0.15, 0.2) is 0 Å². The largest absolute Gasteiger partial charge is 0.352 e. The fourth-order valence-corrected chi connectivity index (χ4v) is 3.44. The first-order valence-electron chi connectivity index (χ1n) is 9.33. The van der Waals surface area contributed by atoms with Crippen LogP contribution in [0, 0.1) is 0 Å². The van der Waals surface area contributed by atoms with E-state index in [1.54, 1.807) is 12.1 Å². The lowest BCUT2D eigenvalue weighted by Gasteiger charge is -2.28. The summed E-state index contributed by atoms with van der Waals surface area (Å²) in [5.41, 5.74) is 7.79. The fourth-order valence-electron chi connectivity index (χ4n) is 3.44. The Balaban J connectivity index is 1.61. The zero-order valence-corrected chi connectivity index (χ0v) is 15.4. The first-order chi connectivity index (χ1) is 13.1. The zero-order chi connectivity index (χ0) is 19.1. The molecule has 4 N–H and O–H groups in total. The number of likely N-dealkylation sites (tertiary alicyclic amines) is 1. The second kappa shape index (κ2) is 9.19. The second-order valence-electron chi connectivity index (χ2n) is 6.79. The van der Waals surface area contributed by atoms with Crippen LogP contribution in [0.25, 0.3) is 0 Å². The number of hydrogen-bond acceptors (Lipinski definition) is 3. The molecule has 1 heterocycles. The molecule has 6 nitrogen and oxygen atoms in total. The summed E-state index contributed by atoms with van der Waals surface area (Å²) in [6.45, 7) is 3.06. The molecule has 0 aliphatic carbocycles. The summed E-state index contributed by atoms with van der Waals surface area (Å²) in [7, 11) is 0. The maximum Gasteiger partial charge on any atom is 0.312 e. The Morgan fingerprint density at radius 1 is 0.963 bits per heavy atom. The van der Waals surface area contributed by atoms with Crippen LogP contribution in [0.2, 0.25) is 0 Å². The van der Waals surface area contributed by atoms with Crippen LogP contribution < -0.4 is 16.4 Å². The number of nitrogens with two attached hydrogens (primary N) is 1. The molecule has 0 spiro atoms. The van der Waals surface area contributed by atoms with Gasteiger partial charge in [0.05, 0.1) is 6.04 Å². The van der Waals surface area contributed by atoms with E-state index >= 15 is 0 Å². The standard InChI is InChI=1S/C21H26N4O2/c22-21(27)24-14-16-8-10-18(11-9-16)20(26)23-15-19(25-12-4-5-13-25)17-6-2-1-3-7-17/h1-3,6-11,19H,4-5,12-15H2,(H,23,26)(H3,22,24,27)/t19-/m0/s1. The van der Waals surface area contributed by atoms with Crippen molar-refractivity contribution in [2.24, 2.45) is 5.73 Å². The predicted octanol–water partition coefficient (Wildman–Crippen LogP) is 2.42. The Morgan fingerprint density at radius 2 is 1.63 bits per heavy atom. The molecule has 0 radical (unpaired) electrons. The number of urea groups is 1. The van der Waals surface area contributed by atoms with Crippen LogP contribution in [0.1, 0.15) is 40.4 Å². The molecule has 1 aliphatic heterocycles. The van der Waals surface area contributed by atoms with Gasteiger partial charge < -0.3 is 16.4 Å². The first kappa shape index (κ1) is 18.9. The Bertz CT molecular complexity index is 756. The van der Waals surface area contributed by atoms with E-state index < -0.39 is 6.03 Å². The lowest BCUT2D eigenvalue weighted by atomic mass is 10.1. The molecule has 3 amide bonds. The van der Waals surface area contributed by atoms with Gasteiger partial charge in [-0.2, -0.15) is 0 Å². The summed E-state index contributed by atoms with van der Waals surface area (Å²) in [5.74, 6) is -0.0930. The number of hydrogen-bond donors (Lipinski definition) is 3. The first-order valence-corrected chi connectivity index (χ1v) is 9.33. The van der Waals surface area contributed by atoms with Gasteiger partial charge >= 0.3 is 6.03 Å². The van der Waals surface area contributed by atoms with Gasteiger partial charge in [-0.15, -0.1) is 0 Å². The topological polar surface area (TPSA) is 87.5 Å². The molecule has 1 atom stereocenters. The number of primary amides is 1. The van der Waals surface area contributed by atoms with Crippen molar-refractivity contribution in [3.05, 3.63) is 71.3 Å². The molecule has 27 heavy (non-hydrogen) atoms. The Labute approximate surface area is 159 Å². The third kappa shape index (κ3) is 5.31. The minimum absolute atomic E-state index is 0.0930. The third-order valence-electron chi connectivity index (χ3n) is 4.90. The summed E-state index contributed by atoms with van der Waals surface area (Å²) in [4.78, 5) is 25.8. The van der Waals surface area contributed by atoms with E-state index in [2.05, 4.69) is 27.7 Å². The molecule has 2 aromatic carbocycles. The quantitative estimate of drug-likeness (QED) is 0.703. The van der Waals surface area contributed by atoms with E-state index in [9.17, 15) is 9.59 Å². The van der Waals surface area contributed by atoms with E-state index in [4.69, 9.17) is 5.73 Å². The minimum Gasteiger partial charge on any atom is -0.352 e. The van der Waals surface area contributed by atoms with Crippen molar-refractivity contribution in [2.45, 2.75) is 25.4 Å². The summed E-state index contributed by atoms with van der Waals surface area (Å²) in [6, 6.07) is 17.1. The van der Waals surface area contributed by atoms with Gasteiger partial charge in [-0.1, -0.05) is 42.5 Å². The highest BCUT2D eigenvalue weighted by molar-refractivity contribution is 5.94. The molecule has 1 saturated heterocycles. The van der Waals surface area contributed by atoms with Crippen LogP contribution in [0.3, 0.4) is 0 Å². The molecule has 3 rings (SSSR count). The molecule has 2 aromatic rings. The summed E-state index contributed by atoms with van der Waals surface area (Å²) >= 11 is 0. The van der Waals surface area contributed by atoms with Gasteiger partial charge in [0.25, 0.3) is 5.91 Å². The summed E-state index contributed by atoms with van der Waals surface area (Å²) in [6.07, 6.45) is 2.41. The van der Waals surface area contributed by atoms with Gasteiger partial charge in [-0.3, -0.25) is 9.69 Å². The molecule has 1 aliphatic rings. The van der Waals surface area contributed by atoms with Crippen molar-refractivity contribution >= 4 is 11.9 Å². The normalized spacial score (nSPS) is 15.3. The molecule has 1 fully saturated rings. The van der Waals surface area contributed by atoms with E-state index in [-0.39, 0.29) is 11.9 Å². The average Bonchev–Trinajstić information content (AvgIpc) is 3.22. The van der Waals surface area contributed by atoms with Crippen LogP contribution in [-0.2, 0) is 6.54 Å². The SMILES string of the molecule is NC(=O)NCc1ccc(C(=O)NC[C@@H](c2ccccc2)N2CCCC2)cc1. The van der Waals surface area contributed by atoms with Crippen molar-refractivity contribution < 1.29 is 9.59 Å². The second-order valence-corrected chi connectivity index (χ2v) is 6.79. The van der Waals surface area contributed by atoms with Gasteiger partial charge in [0.2, 0.25) is 0 Å². The highest BCUT2D eigenvalue weighted by Crippen LogP contribution is 2.24. The van der Waals surface area contributed by atoms with Crippen molar-refractivity contribution in [1.29, 1.82) is 0 Å². The van der Waals surface area contributed by atoms with Gasteiger partial charge in [-0.05, 0) is 49.2 Å². The Kier molecular flexibility index (Phi) is 6.44. The molecule has 142 valence electrons. The van der Waals surface area contributed by atoms with Crippen molar-refractivity contribution in [1.82, 2.24) is 15.5 Å². The van der Waals surface area contributed by atoms with E-state index in [1.165, 1.54) is 18.4 Å². The van der Waals surface area contributed by atoms with Crippen LogP contribution in [-0.4, -0.2) is 36.5 Å². The molecule has 0 bridgehead atoms. The average molecular weight is 366 g/mol. The minimum atomic E-state index is -0.564. The van der Waals surface area contributed by atoms with Crippen molar-refractivity contribution in [3.63, 3.8) is 0 Å². The Hall–Kier alpha value is -2.86. The van der Waals surface area contributed by atoms with Crippen LogP contribution in [0.15, 0.2) is 54.6 Å². The summed E-state index contributed by atoms with van der Waals surface area (Å²) in [5, 5.41) is 5.61. The van der Waals surface area contributed by atoms with Crippen LogP contribution in [0.5, 0.6) is 0 Å². The number of carbonyl (C=O) groups is 2. The van der Waals surface area contributed by atoms with Gasteiger partial charge in [-0.25, -0.2) is 4.79 Å². The molecule has 0 saturated carbocycles. The molecule has 6 heteroatoms. The Morgan fingerprint density at radius 3 is 2.26 bits per heavy atom. The van der Waals surface area contributed by atoms with E-state index in [0.29, 0.717) is 18.7 Å². The van der Waals surface area contributed by atoms with E-state index in [1.807, 2.05) is 30.3 Å². The number of nitrogens with one attached hydrogen (secondary N) is 2. The third-order valence-corrected chi connectivity index (χ3v) is 4.90. The molecular formula is C21H26N4O2. The number of benzene rings is 2. The number of amides is 3. The number of rotatable bonds is 7. The predicted molar refractivity (Wildman–Crippen MR) is 105 cm³/mol. The van der Waals surface area contributed by atoms with Gasteiger partial charge in [0, 0.05) is 18.7 Å². The lowest BCUT2D eigenvalue weighted by Crippen LogP contribution is -2.36.